The lowest BCUT2D eigenvalue weighted by molar-refractivity contribution is -0.131. The molecule has 8 heavy (non-hydrogen) atoms. The molecule has 0 saturated carbocycles. The Balaban J connectivity index is 3.53. The molecule has 0 aliphatic rings. The predicted octanol–water partition coefficient (Wildman–Crippen LogP) is 0.587. The van der Waals surface area contributed by atoms with Gasteiger partial charge in [0.1, 0.15) is 0 Å². The van der Waals surface area contributed by atoms with Crippen LogP contribution in [-0.2, 0) is 9.53 Å². The molecule has 0 radical (unpaired) electrons. The molecule has 0 N–H and O–H groups in total. The van der Waals surface area contributed by atoms with Gasteiger partial charge in [-0.25, -0.2) is 4.79 Å². The van der Waals surface area contributed by atoms with Crippen molar-refractivity contribution < 1.29 is 9.53 Å². The quantitative estimate of drug-likeness (QED) is 0.282. The van der Waals surface area contributed by atoms with Gasteiger partial charge in [0.15, 0.2) is 0 Å². The summed E-state index contributed by atoms with van der Waals surface area (Å²) in [7, 11) is 0. The van der Waals surface area contributed by atoms with Gasteiger partial charge in [0.2, 0.25) is 0 Å². The van der Waals surface area contributed by atoms with Crippen LogP contribution >= 0.6 is 0 Å². The Kier molecular flexibility index (Phi) is 3.25. The molecular weight excluding hydrogens is 106 g/mol. The van der Waals surface area contributed by atoms with Gasteiger partial charge in [0.05, 0.1) is 0 Å². The van der Waals surface area contributed by atoms with Crippen molar-refractivity contribution in [3.63, 3.8) is 0 Å². The minimum absolute atomic E-state index is 0.630. The highest BCUT2D eigenvalue weighted by Crippen LogP contribution is 1.76. The molecule has 0 spiro atoms. The lowest BCUT2D eigenvalue weighted by atomic mass is 10.5. The van der Waals surface area contributed by atoms with E-state index in [9.17, 15) is 4.79 Å². The summed E-state index contributed by atoms with van der Waals surface area (Å²) >= 11 is 0. The van der Waals surface area contributed by atoms with Crippen molar-refractivity contribution in [3.8, 4) is 6.26 Å². The van der Waals surface area contributed by atoms with E-state index in [2.05, 4.69) is 4.74 Å². The van der Waals surface area contributed by atoms with Crippen molar-refractivity contribution in [3.05, 3.63) is 12.2 Å². The molecule has 3 nitrogen and oxygen atoms in total. The highest BCUT2D eigenvalue weighted by molar-refractivity contribution is 5.82. The number of esters is 1. The van der Waals surface area contributed by atoms with E-state index in [1.165, 1.54) is 18.4 Å². The van der Waals surface area contributed by atoms with Gasteiger partial charge in [0, 0.05) is 6.08 Å². The molecule has 0 amide bonds. The fourth-order valence-corrected chi connectivity index (χ4v) is 0.215. The molecule has 0 unspecified atom stereocenters. The molecular formula is C5H5NO2. The van der Waals surface area contributed by atoms with Crippen molar-refractivity contribution in [2.24, 2.45) is 0 Å². The summed E-state index contributed by atoms with van der Waals surface area (Å²) in [6.07, 6.45) is 3.92. The van der Waals surface area contributed by atoms with E-state index in [1.54, 1.807) is 6.92 Å². The summed E-state index contributed by atoms with van der Waals surface area (Å²) in [6, 6.07) is 0. The molecule has 0 aromatic carbocycles. The second kappa shape index (κ2) is 3.88. The van der Waals surface area contributed by atoms with Crippen LogP contribution in [0.3, 0.4) is 0 Å². The topological polar surface area (TPSA) is 50.1 Å². The van der Waals surface area contributed by atoms with Crippen molar-refractivity contribution in [2.75, 3.05) is 0 Å². The predicted molar refractivity (Wildman–Crippen MR) is 26.5 cm³/mol. The van der Waals surface area contributed by atoms with Gasteiger partial charge in [-0.1, -0.05) is 6.08 Å². The van der Waals surface area contributed by atoms with Crippen LogP contribution in [0.1, 0.15) is 6.92 Å². The molecule has 0 rings (SSSR count). The van der Waals surface area contributed by atoms with Crippen molar-refractivity contribution >= 4 is 5.97 Å². The number of nitriles is 1. The summed E-state index contributed by atoms with van der Waals surface area (Å²) in [5.41, 5.74) is 0. The third-order valence-corrected chi connectivity index (χ3v) is 0.449. The third-order valence-electron chi connectivity index (χ3n) is 0.449. The number of hydrogen-bond acceptors (Lipinski definition) is 3. The molecule has 0 aromatic heterocycles. The summed E-state index contributed by atoms with van der Waals surface area (Å²) in [5.74, 6) is -0.630. The van der Waals surface area contributed by atoms with Crippen LogP contribution in [0.5, 0.6) is 0 Å². The lowest BCUT2D eigenvalue weighted by Crippen LogP contribution is -1.91. The average Bonchev–Trinajstić information content (AvgIpc) is 1.68. The minimum atomic E-state index is -0.630. The second-order valence-corrected chi connectivity index (χ2v) is 1.01. The first-order valence-corrected chi connectivity index (χ1v) is 2.04. The molecule has 0 bridgehead atoms. The SMILES string of the molecule is C/C=C/C(=O)OC#N. The van der Waals surface area contributed by atoms with Gasteiger partial charge in [-0.2, -0.15) is 0 Å². The van der Waals surface area contributed by atoms with Gasteiger partial charge in [-0.3, -0.25) is 0 Å². The summed E-state index contributed by atoms with van der Waals surface area (Å²) in [6.45, 7) is 1.67. The van der Waals surface area contributed by atoms with Gasteiger partial charge in [0.25, 0.3) is 6.26 Å². The number of ether oxygens (including phenoxy) is 1. The zero-order chi connectivity index (χ0) is 6.41. The maximum atomic E-state index is 10.1. The Bertz CT molecular complexity index is 143. The van der Waals surface area contributed by atoms with Gasteiger partial charge in [-0.05, 0) is 6.92 Å². The smallest absolute Gasteiger partial charge is 0.345 e. The van der Waals surface area contributed by atoms with Crippen LogP contribution in [-0.4, -0.2) is 5.97 Å². The summed E-state index contributed by atoms with van der Waals surface area (Å²) in [4.78, 5) is 10.1. The molecule has 0 atom stereocenters. The minimum Gasteiger partial charge on any atom is -0.347 e. The highest BCUT2D eigenvalue weighted by atomic mass is 16.5. The van der Waals surface area contributed by atoms with Gasteiger partial charge in [-0.15, -0.1) is 5.26 Å². The molecule has 0 aliphatic heterocycles. The van der Waals surface area contributed by atoms with Gasteiger partial charge >= 0.3 is 5.97 Å². The Hall–Kier alpha value is -1.30. The molecule has 3 heteroatoms. The first-order chi connectivity index (χ1) is 3.81. The Labute approximate surface area is 47.2 Å². The van der Waals surface area contributed by atoms with Crippen LogP contribution in [0.2, 0.25) is 0 Å². The fraction of sp³-hybridized carbons (Fsp3) is 0.200. The highest BCUT2D eigenvalue weighted by Gasteiger charge is 1.89. The van der Waals surface area contributed by atoms with Crippen molar-refractivity contribution in [1.29, 1.82) is 5.26 Å². The number of carbonyl (C=O) groups excluding carboxylic acids is 1. The molecule has 0 aromatic rings. The molecule has 0 fully saturated rings. The summed E-state index contributed by atoms with van der Waals surface area (Å²) in [5, 5.41) is 7.74. The number of rotatable bonds is 1. The molecule has 0 saturated heterocycles. The Morgan fingerprint density at radius 3 is 2.88 bits per heavy atom. The molecule has 42 valence electrons. The van der Waals surface area contributed by atoms with Crippen LogP contribution in [0.25, 0.3) is 0 Å². The number of nitrogens with zero attached hydrogens (tertiary/aromatic N) is 1. The van der Waals surface area contributed by atoms with E-state index < -0.39 is 5.97 Å². The lowest BCUT2D eigenvalue weighted by Gasteiger charge is -1.79. The standard InChI is InChI=1S/C5H5NO2/c1-2-3-5(7)8-4-6/h2-3H,1H3/b3-2+. The van der Waals surface area contributed by atoms with Crippen LogP contribution in [0.15, 0.2) is 12.2 Å². The summed E-state index contributed by atoms with van der Waals surface area (Å²) < 4.78 is 3.86. The van der Waals surface area contributed by atoms with Crippen molar-refractivity contribution in [1.82, 2.24) is 0 Å². The average molecular weight is 111 g/mol. The number of carbonyl (C=O) groups is 1. The van der Waals surface area contributed by atoms with Gasteiger partial charge < -0.3 is 4.74 Å². The zero-order valence-electron chi connectivity index (χ0n) is 4.42. The van der Waals surface area contributed by atoms with E-state index in [0.717, 1.165) is 0 Å². The van der Waals surface area contributed by atoms with E-state index >= 15 is 0 Å². The monoisotopic (exact) mass is 111 g/mol. The number of allylic oxidation sites excluding steroid dienone is 1. The zero-order valence-corrected chi connectivity index (χ0v) is 4.42. The van der Waals surface area contributed by atoms with Crippen LogP contribution in [0.4, 0.5) is 0 Å². The Morgan fingerprint density at radius 2 is 2.50 bits per heavy atom. The molecule has 0 heterocycles. The first kappa shape index (κ1) is 6.70. The number of hydrogen-bond donors (Lipinski definition) is 0. The Morgan fingerprint density at radius 1 is 1.88 bits per heavy atom. The largest absolute Gasteiger partial charge is 0.347 e. The first-order valence-electron chi connectivity index (χ1n) is 2.04. The van der Waals surface area contributed by atoms with Crippen LogP contribution in [0, 0.1) is 11.5 Å². The fourth-order valence-electron chi connectivity index (χ4n) is 0.215. The van der Waals surface area contributed by atoms with Crippen molar-refractivity contribution in [2.45, 2.75) is 6.92 Å². The van der Waals surface area contributed by atoms with E-state index in [1.807, 2.05) is 0 Å². The normalized spacial score (nSPS) is 8.50. The third kappa shape index (κ3) is 2.91. The maximum Gasteiger partial charge on any atom is 0.345 e. The van der Waals surface area contributed by atoms with Crippen LogP contribution < -0.4 is 0 Å². The van der Waals surface area contributed by atoms with E-state index in [4.69, 9.17) is 5.26 Å². The van der Waals surface area contributed by atoms with E-state index in [-0.39, 0.29) is 0 Å². The molecule has 0 aliphatic carbocycles. The maximum absolute atomic E-state index is 10.1. The van der Waals surface area contributed by atoms with E-state index in [0.29, 0.717) is 0 Å². The second-order valence-electron chi connectivity index (χ2n) is 1.01.